The zero-order valence-corrected chi connectivity index (χ0v) is 7.98. The Balaban J connectivity index is 1.95. The van der Waals surface area contributed by atoms with Gasteiger partial charge in [0.2, 0.25) is 0 Å². The van der Waals surface area contributed by atoms with Crippen molar-refractivity contribution in [2.75, 3.05) is 6.61 Å². The smallest absolute Gasteiger partial charge is 0.199 e. The van der Waals surface area contributed by atoms with E-state index in [-0.39, 0.29) is 12.0 Å². The number of phenols is 1. The van der Waals surface area contributed by atoms with Crippen LogP contribution in [0.4, 0.5) is 0 Å². The van der Waals surface area contributed by atoms with Crippen LogP contribution in [0.1, 0.15) is 19.3 Å². The summed E-state index contributed by atoms with van der Waals surface area (Å²) in [7, 11) is 0. The minimum atomic E-state index is -0.148. The van der Waals surface area contributed by atoms with Crippen LogP contribution in [-0.2, 0) is 4.74 Å². The summed E-state index contributed by atoms with van der Waals surface area (Å²) < 4.78 is 11.0. The molecule has 1 aromatic rings. The molecule has 1 saturated heterocycles. The zero-order valence-electron chi connectivity index (χ0n) is 7.98. The van der Waals surface area contributed by atoms with E-state index >= 15 is 0 Å². The second-order valence-electron chi connectivity index (χ2n) is 3.41. The monoisotopic (exact) mass is 194 g/mol. The van der Waals surface area contributed by atoms with Crippen LogP contribution in [0.15, 0.2) is 24.3 Å². The third-order valence-electron chi connectivity index (χ3n) is 2.22. The molecular formula is C11H14O3. The summed E-state index contributed by atoms with van der Waals surface area (Å²) in [5, 5.41) is 9.22. The molecule has 0 saturated carbocycles. The number of rotatable bonds is 2. The highest BCUT2D eigenvalue weighted by Gasteiger charge is 2.14. The molecule has 3 heteroatoms. The zero-order chi connectivity index (χ0) is 9.80. The topological polar surface area (TPSA) is 38.7 Å². The highest BCUT2D eigenvalue weighted by molar-refractivity contribution is 5.31. The van der Waals surface area contributed by atoms with Gasteiger partial charge in [-0.1, -0.05) is 6.07 Å². The van der Waals surface area contributed by atoms with Crippen molar-refractivity contribution in [3.05, 3.63) is 24.3 Å². The Hall–Kier alpha value is -1.22. The molecule has 0 amide bonds. The molecule has 1 N–H and O–H groups in total. The molecule has 76 valence electrons. The van der Waals surface area contributed by atoms with E-state index in [4.69, 9.17) is 9.47 Å². The Morgan fingerprint density at radius 1 is 1.36 bits per heavy atom. The van der Waals surface area contributed by atoms with Gasteiger partial charge < -0.3 is 14.6 Å². The van der Waals surface area contributed by atoms with Crippen LogP contribution in [0.2, 0.25) is 0 Å². The number of phenolic OH excluding ortho intramolecular Hbond substituents is 1. The quantitative estimate of drug-likeness (QED) is 0.785. The van der Waals surface area contributed by atoms with Crippen LogP contribution < -0.4 is 4.74 Å². The minimum Gasteiger partial charge on any atom is -0.508 e. The van der Waals surface area contributed by atoms with Crippen molar-refractivity contribution >= 4 is 0 Å². The van der Waals surface area contributed by atoms with E-state index in [9.17, 15) is 5.11 Å². The first-order chi connectivity index (χ1) is 6.84. The van der Waals surface area contributed by atoms with Crippen molar-refractivity contribution in [1.82, 2.24) is 0 Å². The molecule has 1 atom stereocenters. The maximum absolute atomic E-state index is 9.22. The summed E-state index contributed by atoms with van der Waals surface area (Å²) in [6.07, 6.45) is 3.03. The van der Waals surface area contributed by atoms with E-state index in [1.165, 1.54) is 0 Å². The Bertz CT molecular complexity index is 292. The predicted molar refractivity (Wildman–Crippen MR) is 52.3 cm³/mol. The standard InChI is InChI=1S/C11H14O3/c12-9-4-3-5-10(8-9)14-11-6-1-2-7-13-11/h3-5,8,11-12H,1-2,6-7H2. The number of hydrogen-bond acceptors (Lipinski definition) is 3. The van der Waals surface area contributed by atoms with Gasteiger partial charge in [-0.25, -0.2) is 0 Å². The summed E-state index contributed by atoms with van der Waals surface area (Å²) >= 11 is 0. The van der Waals surface area contributed by atoms with Crippen LogP contribution in [0.5, 0.6) is 11.5 Å². The predicted octanol–water partition coefficient (Wildman–Crippen LogP) is 2.30. The molecule has 1 heterocycles. The number of hydrogen-bond donors (Lipinski definition) is 1. The van der Waals surface area contributed by atoms with E-state index < -0.39 is 0 Å². The van der Waals surface area contributed by atoms with Gasteiger partial charge in [0.15, 0.2) is 6.29 Å². The van der Waals surface area contributed by atoms with Crippen molar-refractivity contribution in [1.29, 1.82) is 0 Å². The molecule has 1 aliphatic rings. The molecule has 0 aliphatic carbocycles. The number of ether oxygens (including phenoxy) is 2. The number of aromatic hydroxyl groups is 1. The van der Waals surface area contributed by atoms with Crippen molar-refractivity contribution in [2.24, 2.45) is 0 Å². The Labute approximate surface area is 83.3 Å². The largest absolute Gasteiger partial charge is 0.508 e. The molecule has 1 unspecified atom stereocenters. The fourth-order valence-electron chi connectivity index (χ4n) is 1.51. The Morgan fingerprint density at radius 3 is 3.00 bits per heavy atom. The summed E-state index contributed by atoms with van der Waals surface area (Å²) in [6.45, 7) is 0.767. The lowest BCUT2D eigenvalue weighted by Crippen LogP contribution is -2.24. The summed E-state index contributed by atoms with van der Waals surface area (Å²) in [4.78, 5) is 0. The molecule has 0 spiro atoms. The fraction of sp³-hybridized carbons (Fsp3) is 0.455. The lowest BCUT2D eigenvalue weighted by atomic mass is 10.2. The molecule has 1 aromatic carbocycles. The van der Waals surface area contributed by atoms with Crippen molar-refractivity contribution < 1.29 is 14.6 Å². The van der Waals surface area contributed by atoms with Gasteiger partial charge in [0.25, 0.3) is 0 Å². The second-order valence-corrected chi connectivity index (χ2v) is 3.41. The van der Waals surface area contributed by atoms with Crippen LogP contribution in [0.3, 0.4) is 0 Å². The van der Waals surface area contributed by atoms with Gasteiger partial charge in [-0.3, -0.25) is 0 Å². The fourth-order valence-corrected chi connectivity index (χ4v) is 1.51. The third-order valence-corrected chi connectivity index (χ3v) is 2.22. The van der Waals surface area contributed by atoms with Gasteiger partial charge in [-0.15, -0.1) is 0 Å². The Kier molecular flexibility index (Phi) is 2.89. The van der Waals surface area contributed by atoms with Crippen molar-refractivity contribution in [3.8, 4) is 11.5 Å². The molecular weight excluding hydrogens is 180 g/mol. The SMILES string of the molecule is Oc1cccc(OC2CCCCO2)c1. The molecule has 3 nitrogen and oxygen atoms in total. The van der Waals surface area contributed by atoms with E-state index in [0.29, 0.717) is 5.75 Å². The van der Waals surface area contributed by atoms with E-state index in [0.717, 1.165) is 25.9 Å². The van der Waals surface area contributed by atoms with Gasteiger partial charge in [0.1, 0.15) is 11.5 Å². The third kappa shape index (κ3) is 2.39. The molecule has 0 bridgehead atoms. The van der Waals surface area contributed by atoms with Crippen molar-refractivity contribution in [2.45, 2.75) is 25.6 Å². The Morgan fingerprint density at radius 2 is 2.29 bits per heavy atom. The van der Waals surface area contributed by atoms with Crippen LogP contribution in [0, 0.1) is 0 Å². The highest BCUT2D eigenvalue weighted by atomic mass is 16.7. The van der Waals surface area contributed by atoms with E-state index in [1.807, 2.05) is 6.07 Å². The first kappa shape index (κ1) is 9.34. The number of benzene rings is 1. The van der Waals surface area contributed by atoms with Gasteiger partial charge >= 0.3 is 0 Å². The first-order valence-corrected chi connectivity index (χ1v) is 4.92. The van der Waals surface area contributed by atoms with Gasteiger partial charge in [-0.05, 0) is 25.0 Å². The average Bonchev–Trinajstić information content (AvgIpc) is 2.19. The minimum absolute atomic E-state index is 0.148. The van der Waals surface area contributed by atoms with Crippen LogP contribution in [-0.4, -0.2) is 18.0 Å². The molecule has 1 fully saturated rings. The van der Waals surface area contributed by atoms with Gasteiger partial charge in [0.05, 0.1) is 6.61 Å². The van der Waals surface area contributed by atoms with Gasteiger partial charge in [-0.2, -0.15) is 0 Å². The van der Waals surface area contributed by atoms with E-state index in [1.54, 1.807) is 18.2 Å². The molecule has 2 rings (SSSR count). The molecule has 14 heavy (non-hydrogen) atoms. The summed E-state index contributed by atoms with van der Waals surface area (Å²) in [6, 6.07) is 6.79. The summed E-state index contributed by atoms with van der Waals surface area (Å²) in [5.74, 6) is 0.884. The first-order valence-electron chi connectivity index (χ1n) is 4.92. The second kappa shape index (κ2) is 4.33. The maximum Gasteiger partial charge on any atom is 0.199 e. The summed E-state index contributed by atoms with van der Waals surface area (Å²) in [5.41, 5.74) is 0. The van der Waals surface area contributed by atoms with Gasteiger partial charge in [0, 0.05) is 12.5 Å². The highest BCUT2D eigenvalue weighted by Crippen LogP contribution is 2.22. The normalized spacial score (nSPS) is 21.9. The molecule has 0 aromatic heterocycles. The molecule has 0 radical (unpaired) electrons. The molecule has 1 aliphatic heterocycles. The maximum atomic E-state index is 9.22. The lowest BCUT2D eigenvalue weighted by Gasteiger charge is -2.23. The van der Waals surface area contributed by atoms with E-state index in [2.05, 4.69) is 0 Å². The van der Waals surface area contributed by atoms with Crippen LogP contribution >= 0.6 is 0 Å². The lowest BCUT2D eigenvalue weighted by molar-refractivity contribution is -0.105. The van der Waals surface area contributed by atoms with Crippen LogP contribution in [0.25, 0.3) is 0 Å². The van der Waals surface area contributed by atoms with Crippen molar-refractivity contribution in [3.63, 3.8) is 0 Å². The average molecular weight is 194 g/mol.